The van der Waals surface area contributed by atoms with Crippen molar-refractivity contribution in [3.8, 4) is 11.3 Å². The molecule has 0 saturated heterocycles. The number of oxime groups is 1. The maximum atomic E-state index is 14.4. The van der Waals surface area contributed by atoms with Gasteiger partial charge in [0.15, 0.2) is 11.3 Å². The van der Waals surface area contributed by atoms with E-state index in [1.807, 2.05) is 19.9 Å². The van der Waals surface area contributed by atoms with Crippen molar-refractivity contribution in [1.82, 2.24) is 0 Å². The molecule has 0 unspecified atom stereocenters. The van der Waals surface area contributed by atoms with E-state index in [1.54, 1.807) is 31.2 Å². The van der Waals surface area contributed by atoms with Crippen LogP contribution in [0.4, 0.5) is 14.5 Å². The highest BCUT2D eigenvalue weighted by Crippen LogP contribution is 2.33. The Balaban J connectivity index is 1.90. The first-order valence-electron chi connectivity index (χ1n) is 10.6. The number of fused-ring (bicyclic) bond motifs is 1. The highest BCUT2D eigenvalue weighted by atomic mass is 19.1. The van der Waals surface area contributed by atoms with Gasteiger partial charge in [0.1, 0.15) is 23.0 Å². The second kappa shape index (κ2) is 8.97. The number of benzene rings is 3. The number of nitrogens with one attached hydrogen (secondary N) is 1. The van der Waals surface area contributed by atoms with Gasteiger partial charge in [0.2, 0.25) is 0 Å². The zero-order valence-electron chi connectivity index (χ0n) is 18.8. The average Bonchev–Trinajstić information content (AvgIpc) is 2.81. The van der Waals surface area contributed by atoms with Crippen LogP contribution in [0, 0.1) is 25.5 Å². The Morgan fingerprint density at radius 2 is 1.85 bits per heavy atom. The van der Waals surface area contributed by atoms with Gasteiger partial charge < -0.3 is 20.7 Å². The van der Waals surface area contributed by atoms with Crippen molar-refractivity contribution in [3.05, 3.63) is 98.7 Å². The zero-order chi connectivity index (χ0) is 24.6. The summed E-state index contributed by atoms with van der Waals surface area (Å²) in [7, 11) is 0. The molecule has 0 aliphatic carbocycles. The maximum absolute atomic E-state index is 14.4. The molecule has 0 radical (unpaired) electrons. The SMILES string of the molecule is Cc1cc([C@@H](C)Nc2cccc(F)c2/C(N)=N/O)c2oc(-c3cccc(F)c3)c(C)c(=O)c2c1. The van der Waals surface area contributed by atoms with E-state index in [1.165, 1.54) is 24.3 Å². The van der Waals surface area contributed by atoms with Crippen molar-refractivity contribution in [3.63, 3.8) is 0 Å². The molecule has 0 bridgehead atoms. The van der Waals surface area contributed by atoms with Crippen molar-refractivity contribution in [1.29, 1.82) is 0 Å². The van der Waals surface area contributed by atoms with Crippen LogP contribution in [-0.4, -0.2) is 11.0 Å². The number of hydrogen-bond donors (Lipinski definition) is 3. The molecule has 6 nitrogen and oxygen atoms in total. The molecule has 0 aliphatic heterocycles. The van der Waals surface area contributed by atoms with E-state index in [-0.39, 0.29) is 22.6 Å². The first-order valence-corrected chi connectivity index (χ1v) is 10.6. The molecule has 4 rings (SSSR count). The molecule has 0 aliphatic rings. The van der Waals surface area contributed by atoms with Crippen molar-refractivity contribution < 1.29 is 18.4 Å². The highest BCUT2D eigenvalue weighted by Gasteiger charge is 2.21. The lowest BCUT2D eigenvalue weighted by atomic mass is 9.98. The van der Waals surface area contributed by atoms with Gasteiger partial charge in [-0.2, -0.15) is 0 Å². The molecule has 0 saturated carbocycles. The van der Waals surface area contributed by atoms with Crippen molar-refractivity contribution in [2.24, 2.45) is 10.9 Å². The Kier molecular flexibility index (Phi) is 6.06. The van der Waals surface area contributed by atoms with Gasteiger partial charge in [-0.25, -0.2) is 8.78 Å². The lowest BCUT2D eigenvalue weighted by Crippen LogP contribution is -2.19. The quantitative estimate of drug-likeness (QED) is 0.154. The van der Waals surface area contributed by atoms with Gasteiger partial charge in [-0.15, -0.1) is 0 Å². The molecule has 34 heavy (non-hydrogen) atoms. The van der Waals surface area contributed by atoms with E-state index in [0.29, 0.717) is 33.3 Å². The molecule has 174 valence electrons. The third-order valence-corrected chi connectivity index (χ3v) is 5.69. The van der Waals surface area contributed by atoms with Crippen LogP contribution in [0.5, 0.6) is 0 Å². The summed E-state index contributed by atoms with van der Waals surface area (Å²) < 4.78 is 34.5. The second-order valence-corrected chi connectivity index (χ2v) is 8.14. The number of hydrogen-bond acceptors (Lipinski definition) is 5. The van der Waals surface area contributed by atoms with Crippen molar-refractivity contribution >= 4 is 22.5 Å². The van der Waals surface area contributed by atoms with E-state index in [9.17, 15) is 13.6 Å². The fourth-order valence-electron chi connectivity index (χ4n) is 4.06. The maximum Gasteiger partial charge on any atom is 0.196 e. The van der Waals surface area contributed by atoms with Crippen LogP contribution in [0.15, 0.2) is 69.0 Å². The number of rotatable bonds is 5. The molecule has 0 spiro atoms. The van der Waals surface area contributed by atoms with Crippen molar-refractivity contribution in [2.45, 2.75) is 26.8 Å². The third kappa shape index (κ3) is 4.10. The molecule has 4 aromatic rings. The van der Waals surface area contributed by atoms with Gasteiger partial charge in [0.25, 0.3) is 0 Å². The smallest absolute Gasteiger partial charge is 0.196 e. The topological polar surface area (TPSA) is 101 Å². The van der Waals surface area contributed by atoms with E-state index in [4.69, 9.17) is 15.4 Å². The van der Waals surface area contributed by atoms with Gasteiger partial charge in [-0.3, -0.25) is 4.79 Å². The van der Waals surface area contributed by atoms with E-state index in [2.05, 4.69) is 10.5 Å². The monoisotopic (exact) mass is 463 g/mol. The Morgan fingerprint density at radius 3 is 2.56 bits per heavy atom. The summed E-state index contributed by atoms with van der Waals surface area (Å²) in [5.74, 6) is -1.20. The molecule has 3 aromatic carbocycles. The standard InChI is InChI=1S/C26H23F2N3O3/c1-13-10-18(15(3)30-21-9-5-8-20(28)22(21)26(29)31-33)25-19(11-13)23(32)14(2)24(34-25)16-6-4-7-17(27)12-16/h4-12,15,30,33H,1-3H3,(H2,29,31)/t15-/m1/s1. The van der Waals surface area contributed by atoms with Crippen LogP contribution >= 0.6 is 0 Å². The number of nitrogens with zero attached hydrogens (tertiary/aromatic N) is 1. The average molecular weight is 463 g/mol. The number of halogens is 2. The molecule has 0 fully saturated rings. The van der Waals surface area contributed by atoms with Crippen LogP contribution in [0.25, 0.3) is 22.3 Å². The van der Waals surface area contributed by atoms with Gasteiger partial charge >= 0.3 is 0 Å². The Hall–Kier alpha value is -4.20. The predicted molar refractivity (Wildman–Crippen MR) is 128 cm³/mol. The normalized spacial score (nSPS) is 12.7. The molecule has 4 N–H and O–H groups in total. The first-order chi connectivity index (χ1) is 16.2. The van der Waals surface area contributed by atoms with Gasteiger partial charge in [-0.05, 0) is 56.7 Å². The van der Waals surface area contributed by atoms with E-state index < -0.39 is 17.7 Å². The lowest BCUT2D eigenvalue weighted by Gasteiger charge is -2.20. The van der Waals surface area contributed by atoms with E-state index >= 15 is 0 Å². The molecule has 1 aromatic heterocycles. The van der Waals surface area contributed by atoms with Gasteiger partial charge in [-0.1, -0.05) is 29.4 Å². The fraction of sp³-hybridized carbons (Fsp3) is 0.154. The summed E-state index contributed by atoms with van der Waals surface area (Å²) in [4.78, 5) is 13.2. The summed E-state index contributed by atoms with van der Waals surface area (Å²) in [6.07, 6.45) is 0. The van der Waals surface area contributed by atoms with Gasteiger partial charge in [0, 0.05) is 22.4 Å². The van der Waals surface area contributed by atoms with Crippen LogP contribution in [-0.2, 0) is 0 Å². The predicted octanol–water partition coefficient (Wildman–Crippen LogP) is 5.62. The summed E-state index contributed by atoms with van der Waals surface area (Å²) >= 11 is 0. The van der Waals surface area contributed by atoms with Crippen LogP contribution in [0.2, 0.25) is 0 Å². The Labute approximate surface area is 194 Å². The number of amidine groups is 1. The third-order valence-electron chi connectivity index (χ3n) is 5.69. The Bertz CT molecular complexity index is 1500. The van der Waals surface area contributed by atoms with Crippen LogP contribution in [0.1, 0.15) is 35.2 Å². The molecular formula is C26H23F2N3O3. The number of aryl methyl sites for hydroxylation is 1. The summed E-state index contributed by atoms with van der Waals surface area (Å²) in [5.41, 5.74) is 8.31. The summed E-state index contributed by atoms with van der Waals surface area (Å²) in [6.45, 7) is 5.32. The minimum absolute atomic E-state index is 0.0773. The lowest BCUT2D eigenvalue weighted by molar-refractivity contribution is 0.318. The van der Waals surface area contributed by atoms with Crippen LogP contribution < -0.4 is 16.5 Å². The summed E-state index contributed by atoms with van der Waals surface area (Å²) in [5, 5.41) is 15.6. The molecule has 1 atom stereocenters. The fourth-order valence-corrected chi connectivity index (χ4v) is 4.06. The number of anilines is 1. The summed E-state index contributed by atoms with van der Waals surface area (Å²) in [6, 6.07) is 13.3. The second-order valence-electron chi connectivity index (χ2n) is 8.14. The van der Waals surface area contributed by atoms with Crippen molar-refractivity contribution in [2.75, 3.05) is 5.32 Å². The molecule has 8 heteroatoms. The minimum Gasteiger partial charge on any atom is -0.455 e. The minimum atomic E-state index is -0.655. The Morgan fingerprint density at radius 1 is 1.12 bits per heavy atom. The van der Waals surface area contributed by atoms with Gasteiger partial charge in [0.05, 0.1) is 17.0 Å². The first kappa shape index (κ1) is 23.0. The highest BCUT2D eigenvalue weighted by molar-refractivity contribution is 6.02. The van der Waals surface area contributed by atoms with Crippen LogP contribution in [0.3, 0.4) is 0 Å². The zero-order valence-corrected chi connectivity index (χ0v) is 18.8. The number of nitrogens with two attached hydrogens (primary N) is 1. The molecule has 0 amide bonds. The van der Waals surface area contributed by atoms with E-state index in [0.717, 1.165) is 5.56 Å². The molecular weight excluding hydrogens is 440 g/mol. The molecule has 1 heterocycles. The largest absolute Gasteiger partial charge is 0.455 e.